The van der Waals surface area contributed by atoms with Gasteiger partial charge in [-0.1, -0.05) is 29.8 Å². The Labute approximate surface area is 166 Å². The van der Waals surface area contributed by atoms with E-state index in [4.69, 9.17) is 0 Å². The van der Waals surface area contributed by atoms with Gasteiger partial charge in [0.1, 0.15) is 5.82 Å². The van der Waals surface area contributed by atoms with E-state index in [0.29, 0.717) is 6.04 Å². The fraction of sp³-hybridized carbons (Fsp3) is 0.304. The second-order valence-corrected chi connectivity index (χ2v) is 7.43. The van der Waals surface area contributed by atoms with Gasteiger partial charge < -0.3 is 10.2 Å². The van der Waals surface area contributed by atoms with Crippen LogP contribution < -0.4 is 5.32 Å². The quantitative estimate of drug-likeness (QED) is 0.758. The number of nitrogens with zero attached hydrogens (tertiary/aromatic N) is 3. The summed E-state index contributed by atoms with van der Waals surface area (Å²) in [7, 11) is 1.91. The summed E-state index contributed by atoms with van der Waals surface area (Å²) < 4.78 is 2.05. The smallest absolute Gasteiger partial charge is 0.253 e. The Balaban J connectivity index is 1.55. The lowest BCUT2D eigenvalue weighted by Gasteiger charge is -2.31. The lowest BCUT2D eigenvalue weighted by Crippen LogP contribution is -2.43. The predicted octanol–water partition coefficient (Wildman–Crippen LogP) is 3.67. The zero-order valence-electron chi connectivity index (χ0n) is 16.4. The molecule has 0 aliphatic carbocycles. The van der Waals surface area contributed by atoms with E-state index in [9.17, 15) is 4.79 Å². The molecule has 144 valence electrons. The van der Waals surface area contributed by atoms with Crippen molar-refractivity contribution >= 4 is 5.91 Å². The van der Waals surface area contributed by atoms with Crippen LogP contribution in [0, 0.1) is 6.92 Å². The van der Waals surface area contributed by atoms with Crippen LogP contribution in [0.5, 0.6) is 0 Å². The van der Waals surface area contributed by atoms with Crippen LogP contribution in [0.25, 0.3) is 17.1 Å². The van der Waals surface area contributed by atoms with Crippen molar-refractivity contribution in [3.05, 3.63) is 72.1 Å². The summed E-state index contributed by atoms with van der Waals surface area (Å²) in [6.45, 7) is 4.03. The van der Waals surface area contributed by atoms with Crippen LogP contribution in [0.4, 0.5) is 0 Å². The second-order valence-electron chi connectivity index (χ2n) is 7.43. The lowest BCUT2D eigenvalue weighted by atomic mass is 10.0. The highest BCUT2D eigenvalue weighted by Crippen LogP contribution is 2.23. The molecule has 0 radical (unpaired) electrons. The maximum atomic E-state index is 12.8. The molecule has 0 bridgehead atoms. The predicted molar refractivity (Wildman–Crippen MR) is 112 cm³/mol. The monoisotopic (exact) mass is 374 g/mol. The van der Waals surface area contributed by atoms with Gasteiger partial charge >= 0.3 is 0 Å². The number of carbonyl (C=O) groups excluding carboxylic acids is 1. The van der Waals surface area contributed by atoms with E-state index in [1.165, 1.54) is 5.56 Å². The van der Waals surface area contributed by atoms with E-state index in [0.717, 1.165) is 48.6 Å². The van der Waals surface area contributed by atoms with Crippen LogP contribution in [0.3, 0.4) is 0 Å². The zero-order valence-corrected chi connectivity index (χ0v) is 16.4. The first-order valence-electron chi connectivity index (χ1n) is 9.82. The maximum Gasteiger partial charge on any atom is 0.253 e. The van der Waals surface area contributed by atoms with Gasteiger partial charge in [-0.3, -0.25) is 9.36 Å². The molecule has 1 N–H and O–H groups in total. The number of imidazole rings is 1. The molecule has 2 heterocycles. The molecule has 1 aromatic heterocycles. The number of piperidine rings is 1. The average Bonchev–Trinajstić information content (AvgIpc) is 3.24. The Hall–Kier alpha value is -2.92. The maximum absolute atomic E-state index is 12.8. The minimum atomic E-state index is 0.0860. The first-order valence-corrected chi connectivity index (χ1v) is 9.82. The zero-order chi connectivity index (χ0) is 19.5. The average molecular weight is 374 g/mol. The summed E-state index contributed by atoms with van der Waals surface area (Å²) >= 11 is 0. The van der Waals surface area contributed by atoms with Crippen molar-refractivity contribution in [3.63, 3.8) is 0 Å². The Morgan fingerprint density at radius 3 is 2.43 bits per heavy atom. The molecule has 1 saturated heterocycles. The molecule has 28 heavy (non-hydrogen) atoms. The van der Waals surface area contributed by atoms with Gasteiger partial charge in [-0.2, -0.15) is 0 Å². The fourth-order valence-corrected chi connectivity index (χ4v) is 3.76. The van der Waals surface area contributed by atoms with E-state index in [-0.39, 0.29) is 5.91 Å². The molecular formula is C23H26N4O. The Bertz CT molecular complexity index is 937. The van der Waals surface area contributed by atoms with Crippen molar-refractivity contribution in [3.8, 4) is 17.1 Å². The first kappa shape index (κ1) is 18.4. The molecule has 0 spiro atoms. The third-order valence-electron chi connectivity index (χ3n) is 5.52. The van der Waals surface area contributed by atoms with Crippen LogP contribution in [0.15, 0.2) is 60.9 Å². The van der Waals surface area contributed by atoms with Gasteiger partial charge in [0.2, 0.25) is 0 Å². The van der Waals surface area contributed by atoms with Crippen LogP contribution in [0.1, 0.15) is 28.8 Å². The summed E-state index contributed by atoms with van der Waals surface area (Å²) in [5, 5.41) is 3.35. The Kier molecular flexibility index (Phi) is 5.26. The molecule has 3 aromatic rings. The molecular weight excluding hydrogens is 348 g/mol. The summed E-state index contributed by atoms with van der Waals surface area (Å²) in [6.07, 6.45) is 5.77. The number of amides is 1. The molecule has 4 rings (SSSR count). The second kappa shape index (κ2) is 7.98. The van der Waals surface area contributed by atoms with Gasteiger partial charge in [-0.25, -0.2) is 4.98 Å². The number of aryl methyl sites for hydroxylation is 1. The highest BCUT2D eigenvalue weighted by Gasteiger charge is 2.22. The minimum absolute atomic E-state index is 0.0860. The fourth-order valence-electron chi connectivity index (χ4n) is 3.76. The number of nitrogens with one attached hydrogen (secondary N) is 1. The van der Waals surface area contributed by atoms with Crippen molar-refractivity contribution < 1.29 is 4.79 Å². The highest BCUT2D eigenvalue weighted by molar-refractivity contribution is 5.94. The van der Waals surface area contributed by atoms with Gasteiger partial charge in [0, 0.05) is 42.3 Å². The first-order chi connectivity index (χ1) is 13.6. The van der Waals surface area contributed by atoms with Crippen molar-refractivity contribution in [2.45, 2.75) is 25.8 Å². The number of carbonyl (C=O) groups is 1. The van der Waals surface area contributed by atoms with Gasteiger partial charge in [-0.15, -0.1) is 0 Å². The Morgan fingerprint density at radius 1 is 1.07 bits per heavy atom. The summed E-state index contributed by atoms with van der Waals surface area (Å²) in [6, 6.07) is 16.5. The topological polar surface area (TPSA) is 50.2 Å². The largest absolute Gasteiger partial charge is 0.339 e. The van der Waals surface area contributed by atoms with Crippen molar-refractivity contribution in [1.29, 1.82) is 0 Å². The number of hydrogen-bond donors (Lipinski definition) is 1. The van der Waals surface area contributed by atoms with Crippen LogP contribution in [-0.2, 0) is 0 Å². The molecule has 5 nitrogen and oxygen atoms in total. The summed E-state index contributed by atoms with van der Waals surface area (Å²) in [5.74, 6) is 0.980. The van der Waals surface area contributed by atoms with E-state index in [1.807, 2.05) is 42.4 Å². The SMILES string of the molecule is Cc1ccc(-c2nccn2-c2ccc(C(=O)N(C)C3CCNCC3)cc2)cc1. The number of rotatable bonds is 4. The third kappa shape index (κ3) is 3.71. The van der Waals surface area contributed by atoms with Gasteiger partial charge in [0.05, 0.1) is 0 Å². The summed E-state index contributed by atoms with van der Waals surface area (Å²) in [4.78, 5) is 19.3. The molecule has 5 heteroatoms. The lowest BCUT2D eigenvalue weighted by molar-refractivity contribution is 0.0703. The Morgan fingerprint density at radius 2 is 1.75 bits per heavy atom. The molecule has 1 aliphatic heterocycles. The van der Waals surface area contributed by atoms with Crippen LogP contribution in [-0.4, -0.2) is 46.5 Å². The molecule has 2 aromatic carbocycles. The molecule has 1 aliphatic rings. The van der Waals surface area contributed by atoms with E-state index < -0.39 is 0 Å². The van der Waals surface area contributed by atoms with Crippen molar-refractivity contribution in [1.82, 2.24) is 19.8 Å². The van der Waals surface area contributed by atoms with E-state index >= 15 is 0 Å². The van der Waals surface area contributed by atoms with Crippen LogP contribution in [0.2, 0.25) is 0 Å². The van der Waals surface area contributed by atoms with Crippen LogP contribution >= 0.6 is 0 Å². The standard InChI is InChI=1S/C23H26N4O/c1-17-3-5-18(6-4-17)22-25-15-16-27(22)21-9-7-19(8-10-21)23(28)26(2)20-11-13-24-14-12-20/h3-10,15-16,20,24H,11-14H2,1-2H3. The molecule has 1 fully saturated rings. The normalized spacial score (nSPS) is 14.8. The van der Waals surface area contributed by atoms with Crippen molar-refractivity contribution in [2.75, 3.05) is 20.1 Å². The molecule has 0 saturated carbocycles. The van der Waals surface area contributed by atoms with Crippen molar-refractivity contribution in [2.24, 2.45) is 0 Å². The van der Waals surface area contributed by atoms with E-state index in [1.54, 1.807) is 6.20 Å². The van der Waals surface area contributed by atoms with Gasteiger partial charge in [-0.05, 0) is 57.1 Å². The molecule has 1 amide bonds. The number of aromatic nitrogens is 2. The number of hydrogen-bond acceptors (Lipinski definition) is 3. The molecule has 0 atom stereocenters. The third-order valence-corrected chi connectivity index (χ3v) is 5.52. The molecule has 0 unspecified atom stereocenters. The summed E-state index contributed by atoms with van der Waals surface area (Å²) in [5.41, 5.74) is 4.01. The highest BCUT2D eigenvalue weighted by atomic mass is 16.2. The van der Waals surface area contributed by atoms with E-state index in [2.05, 4.69) is 46.1 Å². The number of benzene rings is 2. The van der Waals surface area contributed by atoms with Gasteiger partial charge in [0.25, 0.3) is 5.91 Å². The minimum Gasteiger partial charge on any atom is -0.339 e. The van der Waals surface area contributed by atoms with Gasteiger partial charge in [0.15, 0.2) is 0 Å².